The summed E-state index contributed by atoms with van der Waals surface area (Å²) in [7, 11) is 0. The third-order valence-corrected chi connectivity index (χ3v) is 4.70. The maximum atomic E-state index is 12.5. The number of nitrogens with zero attached hydrogens (tertiary/aromatic N) is 3. The van der Waals surface area contributed by atoms with E-state index in [0.29, 0.717) is 0 Å². The van der Waals surface area contributed by atoms with Crippen molar-refractivity contribution >= 4 is 11.9 Å². The number of carbonyl (C=O) groups excluding carboxylic acids is 1. The van der Waals surface area contributed by atoms with E-state index in [1.54, 1.807) is 6.92 Å². The predicted molar refractivity (Wildman–Crippen MR) is 107 cm³/mol. The van der Waals surface area contributed by atoms with Gasteiger partial charge in [-0.05, 0) is 39.8 Å². The number of rotatable bonds is 14. The lowest BCUT2D eigenvalue weighted by atomic mass is 10.2. The molecule has 27 heavy (non-hydrogen) atoms. The Labute approximate surface area is 163 Å². The molecule has 1 aromatic rings. The van der Waals surface area contributed by atoms with E-state index in [2.05, 4.69) is 29.2 Å². The summed E-state index contributed by atoms with van der Waals surface area (Å²) in [4.78, 5) is 25.9. The zero-order valence-corrected chi connectivity index (χ0v) is 17.3. The first kappa shape index (κ1) is 23.1. The maximum Gasteiger partial charge on any atom is 0.338 e. The Hall–Kier alpha value is -1.89. The quantitative estimate of drug-likeness (QED) is 0.483. The minimum absolute atomic E-state index is 0.0257. The second kappa shape index (κ2) is 12.5. The summed E-state index contributed by atoms with van der Waals surface area (Å²) in [6.45, 7) is 11.1. The monoisotopic (exact) mass is 380 g/mol. The van der Waals surface area contributed by atoms with Gasteiger partial charge in [0.05, 0.1) is 11.8 Å². The molecule has 2 N–H and O–H groups in total. The van der Waals surface area contributed by atoms with E-state index in [1.807, 2.05) is 6.92 Å². The van der Waals surface area contributed by atoms with Crippen molar-refractivity contribution in [3.63, 3.8) is 0 Å². The topological polar surface area (TPSA) is 87.5 Å². The van der Waals surface area contributed by atoms with Crippen LogP contribution in [0.3, 0.4) is 0 Å². The van der Waals surface area contributed by atoms with E-state index < -0.39 is 12.0 Å². The summed E-state index contributed by atoms with van der Waals surface area (Å²) in [5.41, 5.74) is 0.0840. The lowest BCUT2D eigenvalue weighted by Gasteiger charge is -2.27. The molecule has 7 heteroatoms. The average molecular weight is 381 g/mol. The highest BCUT2D eigenvalue weighted by Crippen LogP contribution is 2.08. The third kappa shape index (κ3) is 8.56. The van der Waals surface area contributed by atoms with Crippen LogP contribution >= 0.6 is 0 Å². The van der Waals surface area contributed by atoms with Crippen LogP contribution in [0.4, 0.5) is 0 Å². The van der Waals surface area contributed by atoms with E-state index in [9.17, 15) is 9.59 Å². The number of hydrogen-bond acceptors (Lipinski definition) is 4. The highest BCUT2D eigenvalue weighted by molar-refractivity contribution is 5.87. The number of unbranched alkanes of at least 4 members (excludes halogenated alkanes) is 4. The van der Waals surface area contributed by atoms with Crippen LogP contribution < -0.4 is 5.32 Å². The number of amides is 1. The molecule has 1 heterocycles. The van der Waals surface area contributed by atoms with Gasteiger partial charge in [0.15, 0.2) is 0 Å². The summed E-state index contributed by atoms with van der Waals surface area (Å²) in [5.74, 6) is -1.19. The van der Waals surface area contributed by atoms with Crippen LogP contribution in [0.5, 0.6) is 0 Å². The molecule has 0 saturated carbocycles. The number of nitrogens with one attached hydrogen (secondary N) is 1. The second-order valence-electron chi connectivity index (χ2n) is 7.31. The molecule has 0 fully saturated rings. The van der Waals surface area contributed by atoms with Crippen LogP contribution in [-0.4, -0.2) is 57.3 Å². The van der Waals surface area contributed by atoms with Gasteiger partial charge in [-0.3, -0.25) is 9.48 Å². The van der Waals surface area contributed by atoms with Crippen molar-refractivity contribution in [2.45, 2.75) is 78.3 Å². The molecule has 1 amide bonds. The molecule has 0 aliphatic heterocycles. The molecule has 7 nitrogen and oxygen atoms in total. The number of aromatic carboxylic acids is 1. The zero-order chi connectivity index (χ0) is 20.2. The Morgan fingerprint density at radius 2 is 1.74 bits per heavy atom. The summed E-state index contributed by atoms with van der Waals surface area (Å²) in [6, 6.07) is -0.521. The van der Waals surface area contributed by atoms with Gasteiger partial charge in [-0.15, -0.1) is 0 Å². The predicted octanol–water partition coefficient (Wildman–Crippen LogP) is 3.33. The largest absolute Gasteiger partial charge is 0.478 e. The van der Waals surface area contributed by atoms with Gasteiger partial charge in [-0.1, -0.05) is 39.5 Å². The van der Waals surface area contributed by atoms with Gasteiger partial charge in [0.2, 0.25) is 5.91 Å². The molecule has 0 bridgehead atoms. The first-order valence-electron chi connectivity index (χ1n) is 10.2. The van der Waals surface area contributed by atoms with Gasteiger partial charge in [0.25, 0.3) is 0 Å². The van der Waals surface area contributed by atoms with Gasteiger partial charge in [-0.2, -0.15) is 5.10 Å². The Kier molecular flexibility index (Phi) is 10.7. The average Bonchev–Trinajstić information content (AvgIpc) is 3.11. The Bertz CT molecular complexity index is 563. The lowest BCUT2D eigenvalue weighted by molar-refractivity contribution is -0.124. The first-order chi connectivity index (χ1) is 12.9. The molecule has 0 aromatic carbocycles. The molecule has 2 unspecified atom stereocenters. The van der Waals surface area contributed by atoms with Crippen molar-refractivity contribution in [1.82, 2.24) is 20.0 Å². The minimum Gasteiger partial charge on any atom is -0.478 e. The van der Waals surface area contributed by atoms with Gasteiger partial charge >= 0.3 is 5.97 Å². The van der Waals surface area contributed by atoms with Crippen LogP contribution in [0, 0.1) is 0 Å². The van der Waals surface area contributed by atoms with Crippen molar-refractivity contribution in [1.29, 1.82) is 0 Å². The van der Waals surface area contributed by atoms with Crippen LogP contribution in [0.2, 0.25) is 0 Å². The molecule has 0 aliphatic rings. The number of aromatic nitrogens is 2. The Morgan fingerprint density at radius 3 is 2.22 bits per heavy atom. The van der Waals surface area contributed by atoms with Gasteiger partial charge in [0, 0.05) is 18.8 Å². The second-order valence-corrected chi connectivity index (χ2v) is 7.31. The highest BCUT2D eigenvalue weighted by Gasteiger charge is 2.20. The van der Waals surface area contributed by atoms with Crippen LogP contribution in [0.1, 0.15) is 82.6 Å². The van der Waals surface area contributed by atoms with E-state index in [1.165, 1.54) is 55.6 Å². The fourth-order valence-corrected chi connectivity index (χ4v) is 3.04. The number of carboxylic acid groups (broad SMARTS) is 1. The summed E-state index contributed by atoms with van der Waals surface area (Å²) in [6.07, 6.45) is 9.89. The summed E-state index contributed by atoms with van der Waals surface area (Å²) >= 11 is 0. The van der Waals surface area contributed by atoms with E-state index in [-0.39, 0.29) is 17.5 Å². The minimum atomic E-state index is -1.04. The standard InChI is InChI=1S/C20H36N4O3/c1-5-7-9-11-23(12-10-8-6-2)14-16(3)22-19(25)17(4)24-15-18(13-21-24)20(26)27/h13,15-17H,5-12,14H2,1-4H3,(H,22,25)(H,26,27). The van der Waals surface area contributed by atoms with Gasteiger partial charge in [0.1, 0.15) is 6.04 Å². The van der Waals surface area contributed by atoms with Crippen LogP contribution in [0.25, 0.3) is 0 Å². The van der Waals surface area contributed by atoms with Crippen molar-refractivity contribution in [2.75, 3.05) is 19.6 Å². The molecular weight excluding hydrogens is 344 g/mol. The van der Waals surface area contributed by atoms with E-state index in [4.69, 9.17) is 5.11 Å². The van der Waals surface area contributed by atoms with Crippen LogP contribution in [-0.2, 0) is 4.79 Å². The van der Waals surface area contributed by atoms with E-state index >= 15 is 0 Å². The molecule has 1 rings (SSSR count). The molecule has 0 aliphatic carbocycles. The zero-order valence-electron chi connectivity index (χ0n) is 17.3. The molecule has 1 aromatic heterocycles. The lowest BCUT2D eigenvalue weighted by Crippen LogP contribution is -2.44. The van der Waals surface area contributed by atoms with Crippen molar-refractivity contribution < 1.29 is 14.7 Å². The van der Waals surface area contributed by atoms with E-state index in [0.717, 1.165) is 19.6 Å². The Balaban J connectivity index is 2.54. The van der Waals surface area contributed by atoms with Gasteiger partial charge < -0.3 is 15.3 Å². The molecule has 0 saturated heterocycles. The fraction of sp³-hybridized carbons (Fsp3) is 0.750. The summed E-state index contributed by atoms with van der Waals surface area (Å²) in [5, 5.41) is 16.0. The smallest absolute Gasteiger partial charge is 0.338 e. The third-order valence-electron chi connectivity index (χ3n) is 4.70. The molecule has 154 valence electrons. The molecular formula is C20H36N4O3. The fourth-order valence-electron chi connectivity index (χ4n) is 3.04. The summed E-state index contributed by atoms with van der Waals surface area (Å²) < 4.78 is 1.39. The molecule has 0 spiro atoms. The highest BCUT2D eigenvalue weighted by atomic mass is 16.4. The van der Waals surface area contributed by atoms with Gasteiger partial charge in [-0.25, -0.2) is 4.79 Å². The number of carbonyl (C=O) groups is 2. The normalized spacial score (nSPS) is 13.5. The number of hydrogen-bond donors (Lipinski definition) is 2. The maximum absolute atomic E-state index is 12.5. The van der Waals surface area contributed by atoms with Crippen LogP contribution in [0.15, 0.2) is 12.4 Å². The molecule has 2 atom stereocenters. The van der Waals surface area contributed by atoms with Crippen molar-refractivity contribution in [2.24, 2.45) is 0 Å². The first-order valence-corrected chi connectivity index (χ1v) is 10.2. The van der Waals surface area contributed by atoms with Crippen molar-refractivity contribution in [3.8, 4) is 0 Å². The van der Waals surface area contributed by atoms with Crippen molar-refractivity contribution in [3.05, 3.63) is 18.0 Å². The SMILES string of the molecule is CCCCCN(CCCCC)CC(C)NC(=O)C(C)n1cc(C(=O)O)cn1. The molecule has 0 radical (unpaired) electrons. The Morgan fingerprint density at radius 1 is 1.15 bits per heavy atom. The number of carboxylic acids is 1.